The molecule has 0 radical (unpaired) electrons. The Balaban J connectivity index is 1.69. The fraction of sp³-hybridized carbons (Fsp3) is 0. The van der Waals surface area contributed by atoms with E-state index in [0.29, 0.717) is 11.1 Å². The second kappa shape index (κ2) is 8.06. The Morgan fingerprint density at radius 2 is 1.14 bits per heavy atom. The molecule has 0 aliphatic heterocycles. The first-order chi connectivity index (χ1) is 13.8. The summed E-state index contributed by atoms with van der Waals surface area (Å²) in [5.74, 6) is 0. The zero-order valence-electron chi connectivity index (χ0n) is 14.8. The minimum atomic E-state index is 0.662. The Morgan fingerprint density at radius 1 is 0.679 bits per heavy atom. The number of benzene rings is 2. The Labute approximate surface area is 171 Å². The predicted molar refractivity (Wildman–Crippen MR) is 120 cm³/mol. The van der Waals surface area contributed by atoms with Gasteiger partial charge in [-0.15, -0.1) is 0 Å². The van der Waals surface area contributed by atoms with Crippen molar-refractivity contribution in [3.8, 4) is 12.1 Å². The van der Waals surface area contributed by atoms with Crippen LogP contribution in [0.4, 0.5) is 0 Å². The van der Waals surface area contributed by atoms with E-state index in [0.717, 1.165) is 33.0 Å². The molecule has 0 saturated carbocycles. The van der Waals surface area contributed by atoms with Crippen LogP contribution in [-0.4, -0.2) is 0 Å². The number of allylic oxidation sites excluding steroid dienone is 2. The molecule has 0 atom stereocenters. The normalized spacial score (nSPS) is 11.9. The smallest absolute Gasteiger partial charge is 0.0998 e. The Bertz CT molecular complexity index is 1160. The van der Waals surface area contributed by atoms with Gasteiger partial charge in [0.2, 0.25) is 0 Å². The summed E-state index contributed by atoms with van der Waals surface area (Å²) in [5, 5.41) is 29.0. The molecule has 132 valence electrons. The molecule has 0 aliphatic rings. The highest BCUT2D eigenvalue weighted by atomic mass is 32.1. The molecule has 0 unspecified atom stereocenters. The summed E-state index contributed by atoms with van der Waals surface area (Å²) < 4.78 is 0. The molecule has 2 heterocycles. The van der Waals surface area contributed by atoms with E-state index >= 15 is 0 Å². The van der Waals surface area contributed by atoms with Crippen LogP contribution >= 0.6 is 22.7 Å². The molecule has 4 aromatic rings. The third-order valence-corrected chi connectivity index (χ3v) is 5.78. The zero-order valence-corrected chi connectivity index (χ0v) is 16.4. The summed E-state index contributed by atoms with van der Waals surface area (Å²) in [7, 11) is 0. The fourth-order valence-corrected chi connectivity index (χ4v) is 4.30. The highest BCUT2D eigenvalue weighted by Crippen LogP contribution is 2.25. The lowest BCUT2D eigenvalue weighted by Gasteiger charge is -2.03. The minimum absolute atomic E-state index is 0.662. The molecule has 0 spiro atoms. The third kappa shape index (κ3) is 3.80. The molecule has 4 heteroatoms. The van der Waals surface area contributed by atoms with Crippen LogP contribution in [0.25, 0.3) is 34.1 Å². The second-order valence-electron chi connectivity index (χ2n) is 6.23. The van der Waals surface area contributed by atoms with Crippen molar-refractivity contribution < 1.29 is 0 Å². The highest BCUT2D eigenvalue weighted by molar-refractivity contribution is 7.08. The Morgan fingerprint density at radius 3 is 1.50 bits per heavy atom. The van der Waals surface area contributed by atoms with Crippen LogP contribution in [0, 0.1) is 22.7 Å². The number of thiophene rings is 2. The van der Waals surface area contributed by atoms with Gasteiger partial charge in [0.1, 0.15) is 0 Å². The summed E-state index contributed by atoms with van der Waals surface area (Å²) in [6.07, 6.45) is 3.83. The van der Waals surface area contributed by atoms with E-state index < -0.39 is 0 Å². The van der Waals surface area contributed by atoms with Crippen molar-refractivity contribution in [1.82, 2.24) is 0 Å². The summed E-state index contributed by atoms with van der Waals surface area (Å²) in [4.78, 5) is 0. The lowest BCUT2D eigenvalue weighted by Crippen LogP contribution is -1.82. The molecule has 0 fully saturated rings. The SMILES string of the molecule is N#C/C(=C\c1ccc2cc(/C=C(\C#N)c3ccsc3)ccc2c1)c1ccsc1. The Hall–Kier alpha value is -3.44. The maximum absolute atomic E-state index is 9.45. The molecule has 0 N–H and O–H groups in total. The van der Waals surface area contributed by atoms with Gasteiger partial charge in [-0.05, 0) is 79.8 Å². The van der Waals surface area contributed by atoms with Crippen molar-refractivity contribution in [1.29, 1.82) is 10.5 Å². The van der Waals surface area contributed by atoms with E-state index in [4.69, 9.17) is 0 Å². The average molecular weight is 395 g/mol. The minimum Gasteiger partial charge on any atom is -0.192 e. The topological polar surface area (TPSA) is 47.6 Å². The predicted octanol–water partition coefficient (Wildman–Crippen LogP) is 7.09. The first-order valence-corrected chi connectivity index (χ1v) is 10.5. The lowest BCUT2D eigenvalue weighted by molar-refractivity contribution is 1.53. The third-order valence-electron chi connectivity index (χ3n) is 4.42. The van der Waals surface area contributed by atoms with E-state index in [-0.39, 0.29) is 0 Å². The van der Waals surface area contributed by atoms with Gasteiger partial charge in [-0.1, -0.05) is 24.3 Å². The van der Waals surface area contributed by atoms with Crippen LogP contribution in [0.5, 0.6) is 0 Å². The van der Waals surface area contributed by atoms with Gasteiger partial charge in [0.25, 0.3) is 0 Å². The number of fused-ring (bicyclic) bond motifs is 1. The first kappa shape index (κ1) is 17.9. The van der Waals surface area contributed by atoms with E-state index in [2.05, 4.69) is 36.4 Å². The van der Waals surface area contributed by atoms with E-state index in [9.17, 15) is 10.5 Å². The van der Waals surface area contributed by atoms with Gasteiger partial charge < -0.3 is 0 Å². The molecule has 4 rings (SSSR count). The van der Waals surface area contributed by atoms with Gasteiger partial charge in [0, 0.05) is 11.1 Å². The lowest BCUT2D eigenvalue weighted by atomic mass is 10.0. The van der Waals surface area contributed by atoms with Crippen molar-refractivity contribution in [3.05, 3.63) is 92.3 Å². The van der Waals surface area contributed by atoms with Crippen LogP contribution in [0.2, 0.25) is 0 Å². The maximum atomic E-state index is 9.45. The van der Waals surface area contributed by atoms with Gasteiger partial charge in [-0.25, -0.2) is 0 Å². The Kier molecular flexibility index (Phi) is 5.17. The van der Waals surface area contributed by atoms with E-state index in [1.807, 2.05) is 57.9 Å². The maximum Gasteiger partial charge on any atom is 0.0998 e. The van der Waals surface area contributed by atoms with Crippen molar-refractivity contribution in [2.45, 2.75) is 0 Å². The molecular weight excluding hydrogens is 380 g/mol. The first-order valence-electron chi connectivity index (χ1n) is 8.59. The van der Waals surface area contributed by atoms with Gasteiger partial charge in [0.15, 0.2) is 0 Å². The number of hydrogen-bond acceptors (Lipinski definition) is 4. The molecule has 28 heavy (non-hydrogen) atoms. The van der Waals surface area contributed by atoms with Crippen molar-refractivity contribution in [3.63, 3.8) is 0 Å². The molecular formula is C24H14N2S2. The van der Waals surface area contributed by atoms with Crippen molar-refractivity contribution in [2.24, 2.45) is 0 Å². The van der Waals surface area contributed by atoms with Crippen molar-refractivity contribution in [2.75, 3.05) is 0 Å². The summed E-state index contributed by atoms with van der Waals surface area (Å²) in [6.45, 7) is 0. The monoisotopic (exact) mass is 394 g/mol. The molecule has 2 aromatic heterocycles. The van der Waals surface area contributed by atoms with E-state index in [1.165, 1.54) is 0 Å². The molecule has 0 saturated heterocycles. The van der Waals surface area contributed by atoms with Crippen LogP contribution in [0.15, 0.2) is 70.1 Å². The number of nitrogens with zero attached hydrogens (tertiary/aromatic N) is 2. The van der Waals surface area contributed by atoms with Crippen molar-refractivity contribution >= 4 is 56.7 Å². The van der Waals surface area contributed by atoms with Crippen LogP contribution in [0.1, 0.15) is 22.3 Å². The van der Waals surface area contributed by atoms with Crippen LogP contribution < -0.4 is 0 Å². The van der Waals surface area contributed by atoms with Gasteiger partial charge in [-0.2, -0.15) is 33.2 Å². The van der Waals surface area contributed by atoms with E-state index in [1.54, 1.807) is 22.7 Å². The summed E-state index contributed by atoms with van der Waals surface area (Å²) in [5.41, 5.74) is 5.21. The van der Waals surface area contributed by atoms with Gasteiger partial charge in [0.05, 0.1) is 23.3 Å². The largest absolute Gasteiger partial charge is 0.192 e. The number of rotatable bonds is 4. The average Bonchev–Trinajstić information content (AvgIpc) is 3.44. The van der Waals surface area contributed by atoms with Crippen LogP contribution in [-0.2, 0) is 0 Å². The molecule has 0 amide bonds. The second-order valence-corrected chi connectivity index (χ2v) is 7.79. The zero-order chi connectivity index (χ0) is 19.3. The number of hydrogen-bond donors (Lipinski definition) is 0. The number of nitriles is 2. The molecule has 2 nitrogen and oxygen atoms in total. The van der Waals surface area contributed by atoms with Gasteiger partial charge >= 0.3 is 0 Å². The molecule has 0 bridgehead atoms. The quantitative estimate of drug-likeness (QED) is 0.347. The highest BCUT2D eigenvalue weighted by Gasteiger charge is 2.04. The standard InChI is InChI=1S/C24H14N2S2/c25-13-23(21-5-7-27-15-21)11-17-1-3-19-10-18(2-4-20(19)9-17)12-24(14-26)22-6-8-28-16-22/h1-12,15-16H/b23-11+,24-12+. The van der Waals surface area contributed by atoms with Crippen LogP contribution in [0.3, 0.4) is 0 Å². The van der Waals surface area contributed by atoms with Gasteiger partial charge in [-0.3, -0.25) is 0 Å². The molecule has 2 aromatic carbocycles. The fourth-order valence-electron chi connectivity index (χ4n) is 2.99. The molecule has 0 aliphatic carbocycles. The summed E-state index contributed by atoms with van der Waals surface area (Å²) in [6, 6.07) is 20.8. The summed E-state index contributed by atoms with van der Waals surface area (Å²) >= 11 is 3.17.